The molecule has 0 aromatic heterocycles. The number of ether oxygens (including phenoxy) is 1. The van der Waals surface area contributed by atoms with Crippen molar-refractivity contribution in [3.05, 3.63) is 65.7 Å². The van der Waals surface area contributed by atoms with Gasteiger partial charge in [0.15, 0.2) is 0 Å². The van der Waals surface area contributed by atoms with Crippen molar-refractivity contribution in [1.29, 1.82) is 0 Å². The van der Waals surface area contributed by atoms with E-state index < -0.39 is 18.0 Å². The number of nitrogens with zero attached hydrogens (tertiary/aromatic N) is 1. The van der Waals surface area contributed by atoms with E-state index in [9.17, 15) is 9.59 Å². The minimum atomic E-state index is -0.869. The average Bonchev–Trinajstić information content (AvgIpc) is 2.55. The van der Waals surface area contributed by atoms with Crippen molar-refractivity contribution >= 4 is 11.9 Å². The Bertz CT molecular complexity index is 704. The van der Waals surface area contributed by atoms with Crippen LogP contribution in [0.5, 0.6) is 5.75 Å². The van der Waals surface area contributed by atoms with Gasteiger partial charge in [0, 0.05) is 12.1 Å². The predicted molar refractivity (Wildman–Crippen MR) is 91.4 cm³/mol. The van der Waals surface area contributed by atoms with Gasteiger partial charge in [-0.2, -0.15) is 0 Å². The van der Waals surface area contributed by atoms with E-state index in [2.05, 4.69) is 5.32 Å². The molecular formula is C18H21N3O3. The zero-order valence-electron chi connectivity index (χ0n) is 13.7. The lowest BCUT2D eigenvalue weighted by molar-refractivity contribution is -0.125. The van der Waals surface area contributed by atoms with Crippen molar-refractivity contribution < 1.29 is 14.3 Å². The van der Waals surface area contributed by atoms with E-state index in [0.717, 1.165) is 16.9 Å². The Labute approximate surface area is 141 Å². The first-order chi connectivity index (χ1) is 11.5. The van der Waals surface area contributed by atoms with Crippen molar-refractivity contribution in [2.75, 3.05) is 14.2 Å². The number of imide groups is 1. The average molecular weight is 327 g/mol. The molecule has 0 aliphatic heterocycles. The summed E-state index contributed by atoms with van der Waals surface area (Å²) >= 11 is 0. The van der Waals surface area contributed by atoms with Gasteiger partial charge in [0.25, 0.3) is 0 Å². The van der Waals surface area contributed by atoms with Gasteiger partial charge in [-0.15, -0.1) is 0 Å². The molecule has 0 aliphatic carbocycles. The zero-order chi connectivity index (χ0) is 17.5. The molecule has 0 saturated carbocycles. The standard InChI is InChI=1S/C18H21N3O3/c1-21(12-14-10-6-7-11-15(14)24-2)16(17(22)20-18(19)23)13-8-4-3-5-9-13/h3-11,16H,12H2,1-2H3,(H3,19,20,22,23)/t16-/m1/s1. The van der Waals surface area contributed by atoms with Crippen LogP contribution in [0.15, 0.2) is 54.6 Å². The SMILES string of the molecule is COc1ccccc1CN(C)[C@@H](C(=O)NC(N)=O)c1ccccc1. The molecule has 6 nitrogen and oxygen atoms in total. The van der Waals surface area contributed by atoms with Crippen LogP contribution < -0.4 is 15.8 Å². The Morgan fingerprint density at radius 2 is 1.75 bits per heavy atom. The maximum Gasteiger partial charge on any atom is 0.318 e. The summed E-state index contributed by atoms with van der Waals surface area (Å²) in [5.74, 6) is 0.276. The molecule has 0 unspecified atom stereocenters. The van der Waals surface area contributed by atoms with Crippen LogP contribution >= 0.6 is 0 Å². The Morgan fingerprint density at radius 1 is 1.12 bits per heavy atom. The maximum absolute atomic E-state index is 12.5. The van der Waals surface area contributed by atoms with Crippen molar-refractivity contribution in [3.63, 3.8) is 0 Å². The Hall–Kier alpha value is -2.86. The number of urea groups is 1. The lowest BCUT2D eigenvalue weighted by Gasteiger charge is -2.27. The van der Waals surface area contributed by atoms with Crippen LogP contribution in [0.2, 0.25) is 0 Å². The van der Waals surface area contributed by atoms with Crippen LogP contribution in [0.3, 0.4) is 0 Å². The van der Waals surface area contributed by atoms with E-state index in [0.29, 0.717) is 6.54 Å². The van der Waals surface area contributed by atoms with Crippen molar-refractivity contribution in [2.24, 2.45) is 5.73 Å². The molecule has 1 atom stereocenters. The summed E-state index contributed by atoms with van der Waals surface area (Å²) in [6, 6.07) is 15.3. The van der Waals surface area contributed by atoms with Gasteiger partial charge in [0.2, 0.25) is 5.91 Å². The normalized spacial score (nSPS) is 11.8. The number of amides is 3. The number of para-hydroxylation sites is 1. The van der Waals surface area contributed by atoms with E-state index >= 15 is 0 Å². The number of methoxy groups -OCH3 is 1. The number of rotatable bonds is 6. The molecule has 0 spiro atoms. The van der Waals surface area contributed by atoms with Crippen LogP contribution in [0.4, 0.5) is 4.79 Å². The molecule has 2 rings (SSSR count). The van der Waals surface area contributed by atoms with E-state index in [1.807, 2.05) is 66.5 Å². The summed E-state index contributed by atoms with van der Waals surface area (Å²) in [5.41, 5.74) is 6.81. The van der Waals surface area contributed by atoms with Gasteiger partial charge in [-0.05, 0) is 18.7 Å². The molecule has 2 aromatic rings. The molecule has 0 bridgehead atoms. The molecular weight excluding hydrogens is 306 g/mol. The molecule has 2 aromatic carbocycles. The number of hydrogen-bond acceptors (Lipinski definition) is 4. The number of carbonyl (C=O) groups is 2. The zero-order valence-corrected chi connectivity index (χ0v) is 13.7. The molecule has 3 N–H and O–H groups in total. The van der Waals surface area contributed by atoms with Crippen LogP contribution in [0.25, 0.3) is 0 Å². The van der Waals surface area contributed by atoms with Gasteiger partial charge in [0.1, 0.15) is 11.8 Å². The van der Waals surface area contributed by atoms with E-state index in [1.165, 1.54) is 0 Å². The smallest absolute Gasteiger partial charge is 0.318 e. The van der Waals surface area contributed by atoms with Crippen molar-refractivity contribution in [2.45, 2.75) is 12.6 Å². The minimum Gasteiger partial charge on any atom is -0.496 e. The maximum atomic E-state index is 12.5. The van der Waals surface area contributed by atoms with Gasteiger partial charge in [-0.25, -0.2) is 4.79 Å². The first kappa shape index (κ1) is 17.5. The van der Waals surface area contributed by atoms with Crippen LogP contribution in [-0.4, -0.2) is 31.0 Å². The van der Waals surface area contributed by atoms with E-state index in [4.69, 9.17) is 10.5 Å². The predicted octanol–water partition coefficient (Wildman–Crippen LogP) is 2.06. The number of carbonyl (C=O) groups excluding carboxylic acids is 2. The van der Waals surface area contributed by atoms with Crippen LogP contribution in [0.1, 0.15) is 17.2 Å². The summed E-state index contributed by atoms with van der Waals surface area (Å²) in [7, 11) is 3.41. The molecule has 0 aliphatic rings. The Balaban J connectivity index is 2.29. The molecule has 0 saturated heterocycles. The number of benzene rings is 2. The Kier molecular flexibility index (Phi) is 5.92. The first-order valence-corrected chi connectivity index (χ1v) is 7.50. The fraction of sp³-hybridized carbons (Fsp3) is 0.222. The van der Waals surface area contributed by atoms with Gasteiger partial charge >= 0.3 is 6.03 Å². The molecule has 6 heteroatoms. The van der Waals surface area contributed by atoms with E-state index in [-0.39, 0.29) is 0 Å². The molecule has 24 heavy (non-hydrogen) atoms. The number of nitrogens with two attached hydrogens (primary N) is 1. The summed E-state index contributed by atoms with van der Waals surface area (Å²) in [6.07, 6.45) is 0. The summed E-state index contributed by atoms with van der Waals surface area (Å²) in [6.45, 7) is 0.468. The number of primary amides is 1. The van der Waals surface area contributed by atoms with Crippen molar-refractivity contribution in [1.82, 2.24) is 10.2 Å². The molecule has 0 radical (unpaired) electrons. The van der Waals surface area contributed by atoms with Gasteiger partial charge in [-0.1, -0.05) is 48.5 Å². The van der Waals surface area contributed by atoms with Gasteiger partial charge in [-0.3, -0.25) is 15.0 Å². The second-order valence-corrected chi connectivity index (χ2v) is 5.39. The fourth-order valence-corrected chi connectivity index (χ4v) is 2.62. The highest BCUT2D eigenvalue weighted by Crippen LogP contribution is 2.25. The summed E-state index contributed by atoms with van der Waals surface area (Å²) < 4.78 is 5.36. The van der Waals surface area contributed by atoms with Crippen LogP contribution in [0, 0.1) is 0 Å². The highest BCUT2D eigenvalue weighted by molar-refractivity contribution is 5.96. The highest BCUT2D eigenvalue weighted by atomic mass is 16.5. The topological polar surface area (TPSA) is 84.7 Å². The monoisotopic (exact) mass is 327 g/mol. The van der Waals surface area contributed by atoms with E-state index in [1.54, 1.807) is 7.11 Å². The van der Waals surface area contributed by atoms with Crippen LogP contribution in [-0.2, 0) is 11.3 Å². The third kappa shape index (κ3) is 4.33. The fourth-order valence-electron chi connectivity index (χ4n) is 2.62. The third-order valence-corrected chi connectivity index (χ3v) is 3.66. The largest absolute Gasteiger partial charge is 0.496 e. The molecule has 0 fully saturated rings. The molecule has 126 valence electrons. The second kappa shape index (κ2) is 8.12. The quantitative estimate of drug-likeness (QED) is 0.850. The highest BCUT2D eigenvalue weighted by Gasteiger charge is 2.26. The second-order valence-electron chi connectivity index (χ2n) is 5.39. The lowest BCUT2D eigenvalue weighted by Crippen LogP contribution is -2.43. The van der Waals surface area contributed by atoms with Gasteiger partial charge < -0.3 is 10.5 Å². The number of hydrogen-bond donors (Lipinski definition) is 2. The van der Waals surface area contributed by atoms with Gasteiger partial charge in [0.05, 0.1) is 7.11 Å². The minimum absolute atomic E-state index is 0.467. The van der Waals surface area contributed by atoms with Crippen molar-refractivity contribution in [3.8, 4) is 5.75 Å². The summed E-state index contributed by atoms with van der Waals surface area (Å²) in [5, 5.41) is 2.16. The third-order valence-electron chi connectivity index (χ3n) is 3.66. The number of nitrogens with one attached hydrogen (secondary N) is 1. The molecule has 3 amide bonds. The first-order valence-electron chi connectivity index (χ1n) is 7.50. The Morgan fingerprint density at radius 3 is 2.38 bits per heavy atom. The number of likely N-dealkylation sites (N-methyl/N-ethyl adjacent to an activating group) is 1. The summed E-state index contributed by atoms with van der Waals surface area (Å²) in [4.78, 5) is 25.4. The molecule has 0 heterocycles. The lowest BCUT2D eigenvalue weighted by atomic mass is 10.0.